The average Bonchev–Trinajstić information content (AvgIpc) is 2.87. The zero-order valence-electron chi connectivity index (χ0n) is 10.8. The number of oxime groups is 1. The fourth-order valence-electron chi connectivity index (χ4n) is 1.55. The van der Waals surface area contributed by atoms with Gasteiger partial charge in [-0.3, -0.25) is 0 Å². The molecule has 0 spiro atoms. The van der Waals surface area contributed by atoms with E-state index >= 15 is 0 Å². The van der Waals surface area contributed by atoms with Gasteiger partial charge in [0.05, 0.1) is 4.90 Å². The zero-order valence-corrected chi connectivity index (χ0v) is 11.6. The summed E-state index contributed by atoms with van der Waals surface area (Å²) >= 11 is 0. The van der Waals surface area contributed by atoms with E-state index < -0.39 is 10.0 Å². The van der Waals surface area contributed by atoms with E-state index in [0.29, 0.717) is 18.1 Å². The lowest BCUT2D eigenvalue weighted by Crippen LogP contribution is -2.11. The number of hydrogen-bond donors (Lipinski definition) is 1. The molecule has 1 heterocycles. The molecule has 20 heavy (non-hydrogen) atoms. The van der Waals surface area contributed by atoms with Crippen LogP contribution in [0.5, 0.6) is 0 Å². The molecule has 0 aliphatic heterocycles. The number of nitrogens with zero attached hydrogens (tertiary/aromatic N) is 1. The van der Waals surface area contributed by atoms with E-state index in [4.69, 9.17) is 14.4 Å². The Labute approximate surface area is 116 Å². The summed E-state index contributed by atoms with van der Waals surface area (Å²) in [6.45, 7) is 2.32. The Bertz CT molecular complexity index is 702. The quantitative estimate of drug-likeness (QED) is 0.673. The molecule has 0 amide bonds. The summed E-state index contributed by atoms with van der Waals surface area (Å²) in [5, 5.41) is 8.73. The van der Waals surface area contributed by atoms with Gasteiger partial charge < -0.3 is 9.25 Å². The van der Waals surface area contributed by atoms with Gasteiger partial charge in [-0.15, -0.1) is 0 Å². The van der Waals surface area contributed by atoms with E-state index in [2.05, 4.69) is 5.16 Å². The lowest BCUT2D eigenvalue weighted by atomic mass is 10.2. The fraction of sp³-hybridized carbons (Fsp3) is 0.154. The van der Waals surface area contributed by atoms with Gasteiger partial charge in [0, 0.05) is 5.56 Å². The molecular weight excluding hydrogens is 280 g/mol. The summed E-state index contributed by atoms with van der Waals surface area (Å²) in [6, 6.07) is 9.62. The molecule has 0 unspecified atom stereocenters. The minimum absolute atomic E-state index is 0.0611. The van der Waals surface area contributed by atoms with Crippen molar-refractivity contribution in [1.82, 2.24) is 0 Å². The molecule has 6 nitrogen and oxygen atoms in total. The number of nitrogens with two attached hydrogens (primary N) is 1. The lowest BCUT2D eigenvalue weighted by Gasteiger charge is -2.00. The number of benzene rings is 1. The Morgan fingerprint density at radius 2 is 1.95 bits per heavy atom. The highest BCUT2D eigenvalue weighted by Gasteiger charge is 2.09. The average molecular weight is 294 g/mol. The molecule has 0 aliphatic rings. The van der Waals surface area contributed by atoms with Crippen LogP contribution in [0.3, 0.4) is 0 Å². The van der Waals surface area contributed by atoms with E-state index in [0.717, 1.165) is 5.56 Å². The van der Waals surface area contributed by atoms with Gasteiger partial charge >= 0.3 is 0 Å². The van der Waals surface area contributed by atoms with Crippen LogP contribution in [0.1, 0.15) is 12.7 Å². The largest absolute Gasteiger partial charge is 0.455 e. The Balaban J connectivity index is 2.20. The highest BCUT2D eigenvalue weighted by Crippen LogP contribution is 2.22. The van der Waals surface area contributed by atoms with Crippen molar-refractivity contribution < 1.29 is 17.7 Å². The van der Waals surface area contributed by atoms with Crippen LogP contribution in [0.4, 0.5) is 0 Å². The number of rotatable bonds is 5. The van der Waals surface area contributed by atoms with Crippen molar-refractivity contribution in [3.8, 4) is 11.3 Å². The Morgan fingerprint density at radius 3 is 2.55 bits per heavy atom. The Morgan fingerprint density at radius 1 is 1.25 bits per heavy atom. The maximum Gasteiger partial charge on any atom is 0.238 e. The van der Waals surface area contributed by atoms with Crippen molar-refractivity contribution in [2.75, 3.05) is 6.61 Å². The third-order valence-corrected chi connectivity index (χ3v) is 3.41. The summed E-state index contributed by atoms with van der Waals surface area (Å²) < 4.78 is 27.8. The fourth-order valence-corrected chi connectivity index (χ4v) is 2.07. The van der Waals surface area contributed by atoms with Crippen LogP contribution >= 0.6 is 0 Å². The van der Waals surface area contributed by atoms with Gasteiger partial charge in [-0.1, -0.05) is 5.16 Å². The first-order valence-electron chi connectivity index (χ1n) is 5.89. The first kappa shape index (κ1) is 14.3. The van der Waals surface area contributed by atoms with Crippen LogP contribution < -0.4 is 5.14 Å². The molecule has 2 N–H and O–H groups in total. The molecule has 2 aromatic rings. The van der Waals surface area contributed by atoms with Gasteiger partial charge in [-0.05, 0) is 43.3 Å². The van der Waals surface area contributed by atoms with Gasteiger partial charge in [0.25, 0.3) is 0 Å². The number of primary sulfonamides is 1. The van der Waals surface area contributed by atoms with E-state index in [9.17, 15) is 8.42 Å². The molecule has 106 valence electrons. The first-order chi connectivity index (χ1) is 9.50. The Hall–Kier alpha value is -2.12. The predicted octanol–water partition coefficient (Wildman–Crippen LogP) is 1.96. The second-order valence-electron chi connectivity index (χ2n) is 3.92. The van der Waals surface area contributed by atoms with Crippen molar-refractivity contribution in [2.24, 2.45) is 10.3 Å². The third kappa shape index (κ3) is 3.46. The second kappa shape index (κ2) is 5.89. The van der Waals surface area contributed by atoms with Crippen molar-refractivity contribution >= 4 is 16.2 Å². The molecule has 0 saturated heterocycles. The van der Waals surface area contributed by atoms with Crippen LogP contribution in [0.15, 0.2) is 50.9 Å². The molecular formula is C13H14N2O4S. The SMILES string of the molecule is CCO/N=C/c1ccc(-c2ccc(S(N)(=O)=O)cc2)o1. The molecule has 0 saturated carbocycles. The highest BCUT2D eigenvalue weighted by atomic mass is 32.2. The predicted molar refractivity (Wildman–Crippen MR) is 74.7 cm³/mol. The number of furan rings is 1. The van der Waals surface area contributed by atoms with E-state index in [1.54, 1.807) is 24.3 Å². The lowest BCUT2D eigenvalue weighted by molar-refractivity contribution is 0.160. The number of sulfonamides is 1. The molecule has 0 atom stereocenters. The van der Waals surface area contributed by atoms with Crippen LogP contribution in [-0.2, 0) is 14.9 Å². The van der Waals surface area contributed by atoms with Crippen LogP contribution in [0.25, 0.3) is 11.3 Å². The normalized spacial score (nSPS) is 11.9. The van der Waals surface area contributed by atoms with E-state index in [-0.39, 0.29) is 4.90 Å². The molecule has 0 aliphatic carbocycles. The topological polar surface area (TPSA) is 94.9 Å². The van der Waals surface area contributed by atoms with Crippen molar-refractivity contribution in [3.63, 3.8) is 0 Å². The van der Waals surface area contributed by atoms with Crippen LogP contribution in [0.2, 0.25) is 0 Å². The molecule has 7 heteroatoms. The summed E-state index contributed by atoms with van der Waals surface area (Å²) in [5.41, 5.74) is 0.744. The molecule has 0 radical (unpaired) electrons. The maximum atomic E-state index is 11.2. The monoisotopic (exact) mass is 294 g/mol. The molecule has 2 rings (SSSR count). The first-order valence-corrected chi connectivity index (χ1v) is 7.44. The summed E-state index contributed by atoms with van der Waals surface area (Å²) in [4.78, 5) is 4.90. The maximum absolute atomic E-state index is 11.2. The van der Waals surface area contributed by atoms with Crippen LogP contribution in [-0.4, -0.2) is 21.2 Å². The second-order valence-corrected chi connectivity index (χ2v) is 5.49. The molecule has 1 aromatic heterocycles. The summed E-state index contributed by atoms with van der Waals surface area (Å²) in [6.07, 6.45) is 1.46. The minimum atomic E-state index is -3.68. The van der Waals surface area contributed by atoms with E-state index in [1.807, 2.05) is 6.92 Å². The summed E-state index contributed by atoms with van der Waals surface area (Å²) in [5.74, 6) is 1.15. The standard InChI is InChI=1S/C13H14N2O4S/c1-2-18-15-9-11-5-8-13(19-11)10-3-6-12(7-4-10)20(14,16)17/h3-9H,2H2,1H3,(H2,14,16,17)/b15-9+. The van der Waals surface area contributed by atoms with Crippen LogP contribution in [0, 0.1) is 0 Å². The van der Waals surface area contributed by atoms with Crippen molar-refractivity contribution in [2.45, 2.75) is 11.8 Å². The highest BCUT2D eigenvalue weighted by molar-refractivity contribution is 7.89. The molecule has 0 bridgehead atoms. The van der Waals surface area contributed by atoms with Crippen molar-refractivity contribution in [3.05, 3.63) is 42.2 Å². The smallest absolute Gasteiger partial charge is 0.238 e. The van der Waals surface area contributed by atoms with Gasteiger partial charge in [-0.25, -0.2) is 13.6 Å². The Kier molecular flexibility index (Phi) is 4.21. The van der Waals surface area contributed by atoms with Gasteiger partial charge in [-0.2, -0.15) is 0 Å². The van der Waals surface area contributed by atoms with E-state index in [1.165, 1.54) is 18.3 Å². The molecule has 1 aromatic carbocycles. The van der Waals surface area contributed by atoms with Gasteiger partial charge in [0.15, 0.2) is 0 Å². The molecule has 0 fully saturated rings. The zero-order chi connectivity index (χ0) is 14.6. The minimum Gasteiger partial charge on any atom is -0.455 e. The number of hydrogen-bond acceptors (Lipinski definition) is 5. The van der Waals surface area contributed by atoms with Gasteiger partial charge in [0.1, 0.15) is 24.3 Å². The van der Waals surface area contributed by atoms with Crippen molar-refractivity contribution in [1.29, 1.82) is 0 Å². The third-order valence-electron chi connectivity index (χ3n) is 2.48. The summed E-state index contributed by atoms with van der Waals surface area (Å²) in [7, 11) is -3.68. The van der Waals surface area contributed by atoms with Gasteiger partial charge in [0.2, 0.25) is 10.0 Å².